The molecule has 0 fully saturated rings. The van der Waals surface area contributed by atoms with E-state index in [0.717, 1.165) is 6.42 Å². The van der Waals surface area contributed by atoms with Gasteiger partial charge in [0.15, 0.2) is 0 Å². The van der Waals surface area contributed by atoms with Gasteiger partial charge in [0, 0.05) is 5.92 Å². The summed E-state index contributed by atoms with van der Waals surface area (Å²) in [6.07, 6.45) is 7.45. The van der Waals surface area contributed by atoms with Crippen molar-refractivity contribution >= 4 is 5.97 Å². The predicted octanol–water partition coefficient (Wildman–Crippen LogP) is 6.44. The fraction of sp³-hybridized carbons (Fsp3) is 0.542. The minimum Gasteiger partial charge on any atom is -0.454 e. The van der Waals surface area contributed by atoms with Gasteiger partial charge in [0.25, 0.3) is 0 Å². The topological polar surface area (TPSA) is 26.3 Å². The molecule has 3 atom stereocenters. The number of carbonyl (C=O) groups excluding carboxylic acids is 1. The van der Waals surface area contributed by atoms with Gasteiger partial charge in [-0.3, -0.25) is 0 Å². The predicted molar refractivity (Wildman–Crippen MR) is 109 cm³/mol. The quantitative estimate of drug-likeness (QED) is 0.581. The van der Waals surface area contributed by atoms with Crippen LogP contribution in [0.25, 0.3) is 0 Å². The average Bonchev–Trinajstić information content (AvgIpc) is 2.53. The molecule has 1 aromatic carbocycles. The zero-order valence-electron chi connectivity index (χ0n) is 17.4. The lowest BCUT2D eigenvalue weighted by Gasteiger charge is -2.38. The summed E-state index contributed by atoms with van der Waals surface area (Å²) in [4.78, 5) is 12.3. The molecule has 1 aromatic rings. The number of ether oxygens (including phenoxy) is 1. The van der Waals surface area contributed by atoms with Gasteiger partial charge in [-0.15, -0.1) is 0 Å². The van der Waals surface area contributed by atoms with Crippen LogP contribution in [0.4, 0.5) is 0 Å². The Bertz CT molecular complexity index is 668. The van der Waals surface area contributed by atoms with Crippen molar-refractivity contribution in [3.8, 4) is 0 Å². The molecule has 142 valence electrons. The SMILES string of the molecule is CC1C=C(C(CC(C)(C)C)C(C)(C)C)C=CC1OC(=O)c1ccccc1. The van der Waals surface area contributed by atoms with Gasteiger partial charge in [-0.2, -0.15) is 0 Å². The van der Waals surface area contributed by atoms with Crippen LogP contribution in [0, 0.1) is 22.7 Å². The Labute approximate surface area is 159 Å². The lowest BCUT2D eigenvalue weighted by molar-refractivity contribution is 0.0326. The fourth-order valence-electron chi connectivity index (χ4n) is 3.52. The van der Waals surface area contributed by atoms with Gasteiger partial charge in [-0.1, -0.05) is 78.8 Å². The number of allylic oxidation sites excluding steroid dienone is 2. The molecule has 1 aliphatic carbocycles. The number of benzene rings is 1. The van der Waals surface area contributed by atoms with Crippen LogP contribution < -0.4 is 0 Å². The van der Waals surface area contributed by atoms with Crippen molar-refractivity contribution < 1.29 is 9.53 Å². The summed E-state index contributed by atoms with van der Waals surface area (Å²) in [5.74, 6) is 0.394. The number of hydrogen-bond acceptors (Lipinski definition) is 2. The molecular formula is C24H34O2. The fourth-order valence-corrected chi connectivity index (χ4v) is 3.52. The minimum atomic E-state index is -0.258. The second-order valence-electron chi connectivity index (χ2n) is 9.80. The van der Waals surface area contributed by atoms with Gasteiger partial charge in [0.2, 0.25) is 0 Å². The van der Waals surface area contributed by atoms with E-state index in [2.05, 4.69) is 66.7 Å². The van der Waals surface area contributed by atoms with E-state index < -0.39 is 0 Å². The maximum Gasteiger partial charge on any atom is 0.338 e. The molecule has 0 amide bonds. The monoisotopic (exact) mass is 354 g/mol. The Hall–Kier alpha value is -1.83. The van der Waals surface area contributed by atoms with Crippen molar-refractivity contribution in [2.45, 2.75) is 61.0 Å². The standard InChI is InChI=1S/C24H34O2/c1-17-15-19(20(24(5,6)7)16-23(2,3)4)13-14-21(17)26-22(25)18-11-9-8-10-12-18/h8-15,17,20-21H,16H2,1-7H3. The Morgan fingerprint density at radius 2 is 1.69 bits per heavy atom. The molecule has 0 bridgehead atoms. The molecule has 2 nitrogen and oxygen atoms in total. The third-order valence-corrected chi connectivity index (χ3v) is 4.97. The van der Waals surface area contributed by atoms with E-state index in [1.165, 1.54) is 5.57 Å². The third-order valence-electron chi connectivity index (χ3n) is 4.97. The Morgan fingerprint density at radius 1 is 1.08 bits per heavy atom. The molecule has 1 aliphatic rings. The molecular weight excluding hydrogens is 320 g/mol. The lowest BCUT2D eigenvalue weighted by Crippen LogP contribution is -2.30. The van der Waals surface area contributed by atoms with Gasteiger partial charge in [0.05, 0.1) is 5.56 Å². The normalized spacial score (nSPS) is 21.9. The molecule has 0 N–H and O–H groups in total. The number of hydrogen-bond donors (Lipinski definition) is 0. The molecule has 2 heteroatoms. The van der Waals surface area contributed by atoms with Crippen LogP contribution in [0.15, 0.2) is 54.1 Å². The summed E-state index contributed by atoms with van der Waals surface area (Å²) in [5.41, 5.74) is 2.43. The van der Waals surface area contributed by atoms with Gasteiger partial charge < -0.3 is 4.74 Å². The van der Waals surface area contributed by atoms with Crippen LogP contribution in [0.3, 0.4) is 0 Å². The van der Waals surface area contributed by atoms with Crippen LogP contribution in [0.5, 0.6) is 0 Å². The molecule has 26 heavy (non-hydrogen) atoms. The highest BCUT2D eigenvalue weighted by atomic mass is 16.5. The second-order valence-corrected chi connectivity index (χ2v) is 9.80. The first kappa shape index (κ1) is 20.5. The molecule has 0 heterocycles. The van der Waals surface area contributed by atoms with Gasteiger partial charge in [-0.25, -0.2) is 4.79 Å². The first-order chi connectivity index (χ1) is 12.0. The molecule has 0 radical (unpaired) electrons. The smallest absolute Gasteiger partial charge is 0.338 e. The van der Waals surface area contributed by atoms with Crippen LogP contribution in [0.1, 0.15) is 65.2 Å². The molecule has 0 spiro atoms. The second kappa shape index (κ2) is 7.82. The molecule has 2 rings (SSSR count). The highest BCUT2D eigenvalue weighted by Gasteiger charge is 2.33. The maximum absolute atomic E-state index is 12.3. The van der Waals surface area contributed by atoms with Gasteiger partial charge in [0.1, 0.15) is 6.10 Å². The van der Waals surface area contributed by atoms with Crippen LogP contribution in [-0.2, 0) is 4.74 Å². The minimum absolute atomic E-state index is 0.174. The summed E-state index contributed by atoms with van der Waals surface area (Å²) in [5, 5.41) is 0. The number of carbonyl (C=O) groups is 1. The van der Waals surface area contributed by atoms with Crippen molar-refractivity contribution in [2.75, 3.05) is 0 Å². The summed E-state index contributed by atoms with van der Waals surface area (Å²) in [6.45, 7) is 16.0. The molecule has 0 saturated heterocycles. The lowest BCUT2D eigenvalue weighted by atomic mass is 9.67. The van der Waals surface area contributed by atoms with E-state index >= 15 is 0 Å². The zero-order valence-corrected chi connectivity index (χ0v) is 17.4. The molecule has 0 saturated carbocycles. The van der Waals surface area contributed by atoms with E-state index in [9.17, 15) is 4.79 Å². The first-order valence-corrected chi connectivity index (χ1v) is 9.63. The van der Waals surface area contributed by atoms with Crippen molar-refractivity contribution in [1.29, 1.82) is 0 Å². The Kier molecular flexibility index (Phi) is 6.16. The summed E-state index contributed by atoms with van der Waals surface area (Å²) in [6, 6.07) is 9.20. The van der Waals surface area contributed by atoms with Crippen molar-refractivity contribution in [2.24, 2.45) is 22.7 Å². The van der Waals surface area contributed by atoms with Crippen molar-refractivity contribution in [3.63, 3.8) is 0 Å². The summed E-state index contributed by atoms with van der Waals surface area (Å²) in [7, 11) is 0. The molecule has 3 unspecified atom stereocenters. The largest absolute Gasteiger partial charge is 0.454 e. The highest BCUT2D eigenvalue weighted by Crippen LogP contribution is 2.42. The maximum atomic E-state index is 12.3. The number of esters is 1. The first-order valence-electron chi connectivity index (χ1n) is 9.63. The molecule has 0 aromatic heterocycles. The van der Waals surface area contributed by atoms with E-state index in [0.29, 0.717) is 11.5 Å². The van der Waals surface area contributed by atoms with Crippen LogP contribution in [0.2, 0.25) is 0 Å². The summed E-state index contributed by atoms with van der Waals surface area (Å²) < 4.78 is 5.73. The Balaban J connectivity index is 2.13. The van der Waals surface area contributed by atoms with E-state index in [1.807, 2.05) is 18.2 Å². The van der Waals surface area contributed by atoms with E-state index in [4.69, 9.17) is 4.74 Å². The molecule has 0 aliphatic heterocycles. The van der Waals surface area contributed by atoms with E-state index in [-0.39, 0.29) is 28.8 Å². The third kappa shape index (κ3) is 5.59. The van der Waals surface area contributed by atoms with Gasteiger partial charge in [-0.05, 0) is 47.0 Å². The number of rotatable bonds is 4. The van der Waals surface area contributed by atoms with Crippen molar-refractivity contribution in [1.82, 2.24) is 0 Å². The van der Waals surface area contributed by atoms with E-state index in [1.54, 1.807) is 12.1 Å². The average molecular weight is 355 g/mol. The Morgan fingerprint density at radius 3 is 2.19 bits per heavy atom. The van der Waals surface area contributed by atoms with Crippen LogP contribution in [-0.4, -0.2) is 12.1 Å². The highest BCUT2D eigenvalue weighted by molar-refractivity contribution is 5.89. The van der Waals surface area contributed by atoms with Crippen molar-refractivity contribution in [3.05, 3.63) is 59.7 Å². The van der Waals surface area contributed by atoms with Gasteiger partial charge >= 0.3 is 5.97 Å². The zero-order chi connectivity index (χ0) is 19.5. The van der Waals surface area contributed by atoms with Crippen LogP contribution >= 0.6 is 0 Å². The summed E-state index contributed by atoms with van der Waals surface area (Å²) >= 11 is 0.